The normalized spacial score (nSPS) is 12.7. The lowest BCUT2D eigenvalue weighted by Gasteiger charge is -2.37. The van der Waals surface area contributed by atoms with Crippen LogP contribution in [-0.2, 0) is 5.41 Å². The lowest BCUT2D eigenvalue weighted by atomic mass is 9.68. The molecule has 0 N–H and O–H groups in total. The van der Waals surface area contributed by atoms with Gasteiger partial charge in [0.15, 0.2) is 0 Å². The first-order valence-electron chi connectivity index (χ1n) is 19.1. The third-order valence-electron chi connectivity index (χ3n) is 11.4. The Morgan fingerprint density at radius 1 is 0.327 bits per heavy atom. The van der Waals surface area contributed by atoms with E-state index >= 15 is 0 Å². The van der Waals surface area contributed by atoms with Gasteiger partial charge in [0.2, 0.25) is 0 Å². The van der Waals surface area contributed by atoms with E-state index in [1.807, 2.05) is 0 Å². The molecule has 0 aliphatic heterocycles. The molecule has 0 fully saturated rings. The van der Waals surface area contributed by atoms with E-state index in [1.165, 1.54) is 54.9 Å². The highest BCUT2D eigenvalue weighted by atomic mass is 15.1. The molecular formula is C53H40N2. The third-order valence-corrected chi connectivity index (χ3v) is 11.4. The molecule has 0 amide bonds. The molecule has 9 aromatic rings. The monoisotopic (exact) mass is 704 g/mol. The van der Waals surface area contributed by atoms with E-state index in [0.29, 0.717) is 0 Å². The predicted octanol–water partition coefficient (Wildman–Crippen LogP) is 14.9. The van der Waals surface area contributed by atoms with Crippen LogP contribution in [0.15, 0.2) is 206 Å². The maximum atomic E-state index is 2.42. The summed E-state index contributed by atoms with van der Waals surface area (Å²) in [7, 11) is 0. The number of benzene rings is 9. The predicted molar refractivity (Wildman–Crippen MR) is 234 cm³/mol. The van der Waals surface area contributed by atoms with Crippen molar-refractivity contribution in [1.82, 2.24) is 0 Å². The minimum Gasteiger partial charge on any atom is -0.311 e. The van der Waals surface area contributed by atoms with Gasteiger partial charge in [0.25, 0.3) is 0 Å². The van der Waals surface area contributed by atoms with Crippen molar-refractivity contribution in [2.24, 2.45) is 0 Å². The third kappa shape index (κ3) is 5.57. The Labute approximate surface area is 323 Å². The molecule has 0 bridgehead atoms. The van der Waals surface area contributed by atoms with Crippen molar-refractivity contribution >= 4 is 55.7 Å². The second-order valence-electron chi connectivity index (χ2n) is 15.0. The van der Waals surface area contributed by atoms with Crippen molar-refractivity contribution < 1.29 is 0 Å². The highest BCUT2D eigenvalue weighted by molar-refractivity contribution is 6.17. The Balaban J connectivity index is 1.07. The highest BCUT2D eigenvalue weighted by Gasteiger charge is 2.34. The Hall–Kier alpha value is -6.90. The van der Waals surface area contributed by atoms with Gasteiger partial charge in [0, 0.05) is 39.5 Å². The van der Waals surface area contributed by atoms with Crippen molar-refractivity contribution in [2.75, 3.05) is 9.80 Å². The van der Waals surface area contributed by atoms with Gasteiger partial charge in [0.1, 0.15) is 0 Å². The fraction of sp³-hybridized carbons (Fsp3) is 0.0566. The molecule has 0 radical (unpaired) electrons. The van der Waals surface area contributed by atoms with Crippen LogP contribution in [0.5, 0.6) is 0 Å². The summed E-state index contributed by atoms with van der Waals surface area (Å²) in [5.74, 6) is 0. The molecule has 0 aromatic heterocycles. The Kier molecular flexibility index (Phi) is 7.85. The van der Waals surface area contributed by atoms with Crippen LogP contribution in [-0.4, -0.2) is 0 Å². The quantitative estimate of drug-likeness (QED) is 0.152. The molecule has 262 valence electrons. The van der Waals surface area contributed by atoms with Crippen LogP contribution in [0.3, 0.4) is 0 Å². The first-order chi connectivity index (χ1) is 27.0. The van der Waals surface area contributed by atoms with Gasteiger partial charge in [-0.15, -0.1) is 0 Å². The molecule has 10 rings (SSSR count). The standard InChI is InChI=1S/C53H40N2/c1-53(2)50-25-15-24-47-48-34-38(37-28-30-44(31-29-37)54(40-16-7-3-8-17-40)41-18-9-4-10-19-41)26-27-39(48)35-49(52(47)50)46-33-32-45(36-51(46)53)55(42-20-11-5-12-21-42)43-22-13-6-14-23-43/h3-36H,1-2H3. The molecule has 1 aliphatic rings. The van der Waals surface area contributed by atoms with E-state index in [-0.39, 0.29) is 5.41 Å². The summed E-state index contributed by atoms with van der Waals surface area (Å²) >= 11 is 0. The molecule has 0 heterocycles. The van der Waals surface area contributed by atoms with Crippen LogP contribution in [0.25, 0.3) is 43.8 Å². The van der Waals surface area contributed by atoms with Crippen molar-refractivity contribution in [2.45, 2.75) is 19.3 Å². The molecule has 0 unspecified atom stereocenters. The van der Waals surface area contributed by atoms with Gasteiger partial charge in [-0.3, -0.25) is 0 Å². The van der Waals surface area contributed by atoms with E-state index < -0.39 is 0 Å². The number of nitrogens with zero attached hydrogens (tertiary/aromatic N) is 2. The average molecular weight is 705 g/mol. The molecule has 0 atom stereocenters. The van der Waals surface area contributed by atoms with Crippen LogP contribution in [0.4, 0.5) is 34.1 Å². The number of para-hydroxylation sites is 4. The Morgan fingerprint density at radius 2 is 0.818 bits per heavy atom. The molecule has 9 aromatic carbocycles. The van der Waals surface area contributed by atoms with Gasteiger partial charge in [-0.25, -0.2) is 0 Å². The number of hydrogen-bond acceptors (Lipinski definition) is 2. The first-order valence-corrected chi connectivity index (χ1v) is 19.1. The summed E-state index contributed by atoms with van der Waals surface area (Å²) in [4.78, 5) is 4.67. The zero-order valence-electron chi connectivity index (χ0n) is 31.0. The van der Waals surface area contributed by atoms with E-state index in [1.54, 1.807) is 0 Å². The van der Waals surface area contributed by atoms with Crippen LogP contribution in [0, 0.1) is 0 Å². The fourth-order valence-electron chi connectivity index (χ4n) is 8.70. The lowest BCUT2D eigenvalue weighted by molar-refractivity contribution is 0.645. The molecular weight excluding hydrogens is 665 g/mol. The van der Waals surface area contributed by atoms with Gasteiger partial charge in [-0.2, -0.15) is 0 Å². The molecule has 0 spiro atoms. The smallest absolute Gasteiger partial charge is 0.0465 e. The molecule has 1 aliphatic carbocycles. The van der Waals surface area contributed by atoms with Gasteiger partial charge in [0.05, 0.1) is 0 Å². The van der Waals surface area contributed by atoms with Crippen molar-refractivity contribution in [1.29, 1.82) is 0 Å². The van der Waals surface area contributed by atoms with Crippen LogP contribution in [0.1, 0.15) is 25.0 Å². The summed E-state index contributed by atoms with van der Waals surface area (Å²) in [5.41, 5.74) is 14.4. The lowest BCUT2D eigenvalue weighted by Crippen LogP contribution is -2.24. The summed E-state index contributed by atoms with van der Waals surface area (Å²) in [5, 5.41) is 5.20. The molecule has 2 heteroatoms. The molecule has 55 heavy (non-hydrogen) atoms. The SMILES string of the molecule is CC1(C)c2cc(N(c3ccccc3)c3ccccc3)ccc2-c2cc3ccc(-c4ccc(N(c5ccccc5)c5ccccc5)cc4)cc3c3cccc1c23. The maximum absolute atomic E-state index is 2.42. The van der Waals surface area contributed by atoms with Gasteiger partial charge in [-0.05, 0) is 140 Å². The maximum Gasteiger partial charge on any atom is 0.0465 e. The van der Waals surface area contributed by atoms with Crippen molar-refractivity contribution in [3.8, 4) is 22.3 Å². The van der Waals surface area contributed by atoms with Crippen molar-refractivity contribution in [3.63, 3.8) is 0 Å². The van der Waals surface area contributed by atoms with Crippen LogP contribution >= 0.6 is 0 Å². The molecule has 0 saturated heterocycles. The highest BCUT2D eigenvalue weighted by Crippen LogP contribution is 2.52. The van der Waals surface area contributed by atoms with E-state index in [9.17, 15) is 0 Å². The van der Waals surface area contributed by atoms with Gasteiger partial charge < -0.3 is 9.80 Å². The van der Waals surface area contributed by atoms with E-state index in [2.05, 4.69) is 230 Å². The zero-order chi connectivity index (χ0) is 36.9. The van der Waals surface area contributed by atoms with Gasteiger partial charge in [-0.1, -0.05) is 135 Å². The van der Waals surface area contributed by atoms with E-state index in [4.69, 9.17) is 0 Å². The Morgan fingerprint density at radius 3 is 1.38 bits per heavy atom. The summed E-state index contributed by atoms with van der Waals surface area (Å²) in [6, 6.07) is 74.9. The van der Waals surface area contributed by atoms with Crippen LogP contribution in [0.2, 0.25) is 0 Å². The largest absolute Gasteiger partial charge is 0.311 e. The summed E-state index contributed by atoms with van der Waals surface area (Å²) < 4.78 is 0. The topological polar surface area (TPSA) is 6.48 Å². The molecule has 2 nitrogen and oxygen atoms in total. The molecule has 0 saturated carbocycles. The van der Waals surface area contributed by atoms with Crippen LogP contribution < -0.4 is 9.80 Å². The number of rotatable bonds is 7. The average Bonchev–Trinajstić information content (AvgIpc) is 3.25. The first kappa shape index (κ1) is 32.7. The zero-order valence-corrected chi connectivity index (χ0v) is 31.0. The number of fused-ring (bicyclic) bond motifs is 4. The summed E-state index contributed by atoms with van der Waals surface area (Å²) in [6.07, 6.45) is 0. The van der Waals surface area contributed by atoms with Gasteiger partial charge >= 0.3 is 0 Å². The number of anilines is 6. The Bertz CT molecular complexity index is 2730. The second-order valence-corrected chi connectivity index (χ2v) is 15.0. The van der Waals surface area contributed by atoms with Crippen molar-refractivity contribution in [3.05, 3.63) is 217 Å². The summed E-state index contributed by atoms with van der Waals surface area (Å²) in [6.45, 7) is 4.78. The minimum absolute atomic E-state index is 0.207. The number of hydrogen-bond donors (Lipinski definition) is 0. The minimum atomic E-state index is -0.207. The van der Waals surface area contributed by atoms with E-state index in [0.717, 1.165) is 34.1 Å². The second kappa shape index (κ2) is 13.2. The fourth-order valence-corrected chi connectivity index (χ4v) is 8.70.